The zero-order valence-electron chi connectivity index (χ0n) is 10.9. The van der Waals surface area contributed by atoms with E-state index in [4.69, 9.17) is 0 Å². The Morgan fingerprint density at radius 1 is 1.05 bits per heavy atom. The van der Waals surface area contributed by atoms with Crippen LogP contribution in [0.25, 0.3) is 0 Å². The van der Waals surface area contributed by atoms with Crippen molar-refractivity contribution in [3.8, 4) is 0 Å². The van der Waals surface area contributed by atoms with Crippen molar-refractivity contribution in [2.45, 2.75) is 18.2 Å². The Labute approximate surface area is 119 Å². The zero-order chi connectivity index (χ0) is 15.0. The molecule has 1 unspecified atom stereocenters. The lowest BCUT2D eigenvalue weighted by Gasteiger charge is -2.15. The first-order valence-electron chi connectivity index (χ1n) is 5.88. The molecule has 0 bridgehead atoms. The molecule has 0 aliphatic carbocycles. The van der Waals surface area contributed by atoms with Gasteiger partial charge in [0.05, 0.1) is 20.4 Å². The van der Waals surface area contributed by atoms with Gasteiger partial charge in [0.25, 0.3) is 10.0 Å². The fourth-order valence-electron chi connectivity index (χ4n) is 1.89. The quantitative estimate of drug-likeness (QED) is 0.799. The summed E-state index contributed by atoms with van der Waals surface area (Å²) in [5.41, 5.74) is 0.883. The summed E-state index contributed by atoms with van der Waals surface area (Å²) in [6, 6.07) is 5.95. The van der Waals surface area contributed by atoms with Gasteiger partial charge in [-0.2, -0.15) is 8.42 Å². The van der Waals surface area contributed by atoms with Crippen molar-refractivity contribution in [3.05, 3.63) is 29.8 Å². The molecule has 1 aromatic rings. The van der Waals surface area contributed by atoms with E-state index in [1.807, 2.05) is 6.92 Å². The largest absolute Gasteiger partial charge is 0.290 e. The Hall–Kier alpha value is -0.930. The highest BCUT2D eigenvalue weighted by Crippen LogP contribution is 2.19. The molecule has 1 atom stereocenters. The number of sulfone groups is 1. The van der Waals surface area contributed by atoms with Crippen molar-refractivity contribution in [2.75, 3.05) is 16.6 Å². The molecule has 0 aromatic heterocycles. The van der Waals surface area contributed by atoms with E-state index < -0.39 is 34.7 Å². The molecule has 0 amide bonds. The second-order valence-corrected chi connectivity index (χ2v) is 11.6. The van der Waals surface area contributed by atoms with E-state index in [0.29, 0.717) is 0 Å². The average Bonchev–Trinajstić information content (AvgIpc) is 2.25. The van der Waals surface area contributed by atoms with E-state index in [9.17, 15) is 21.0 Å². The minimum absolute atomic E-state index is 0.00266. The maximum atomic E-state index is 12.4. The van der Waals surface area contributed by atoms with Crippen LogP contribution in [-0.2, 0) is 29.6 Å². The summed E-state index contributed by atoms with van der Waals surface area (Å²) in [4.78, 5) is -0.0752. The van der Waals surface area contributed by atoms with E-state index in [1.165, 1.54) is 12.1 Å². The van der Waals surface area contributed by atoms with Gasteiger partial charge in [-0.25, -0.2) is 12.6 Å². The van der Waals surface area contributed by atoms with Crippen LogP contribution in [0.3, 0.4) is 0 Å². The summed E-state index contributed by atoms with van der Waals surface area (Å²) in [5, 5.41) is -0.676. The third kappa shape index (κ3) is 3.58. The van der Waals surface area contributed by atoms with E-state index in [0.717, 1.165) is 5.56 Å². The standard InChI is InChI=1S/C11H15NO5S3/c1-10-3-5-11(6-4-10)20(16,17)12-18(13)7-2-8-19(14,15)9-18/h3-6H,2,7-9H2,1H3. The lowest BCUT2D eigenvalue weighted by molar-refractivity contribution is 0.595. The summed E-state index contributed by atoms with van der Waals surface area (Å²) in [5.74, 6) is -0.0680. The van der Waals surface area contributed by atoms with Gasteiger partial charge in [0.15, 0.2) is 9.84 Å². The molecule has 6 nitrogen and oxygen atoms in total. The predicted octanol–water partition coefficient (Wildman–Crippen LogP) is 0.928. The van der Waals surface area contributed by atoms with Crippen molar-refractivity contribution in [3.63, 3.8) is 0 Å². The van der Waals surface area contributed by atoms with Crippen LogP contribution in [0, 0.1) is 6.92 Å². The number of hydrogen-bond donors (Lipinski definition) is 0. The van der Waals surface area contributed by atoms with Gasteiger partial charge in [0.2, 0.25) is 0 Å². The smallest absolute Gasteiger partial charge is 0.248 e. The normalized spacial score (nSPS) is 26.1. The van der Waals surface area contributed by atoms with Crippen LogP contribution in [0.5, 0.6) is 0 Å². The SMILES string of the molecule is Cc1ccc(S(=O)(=O)N=S2(=O)CCCS(=O)(=O)C2)cc1. The number of rotatable bonds is 2. The predicted molar refractivity (Wildman–Crippen MR) is 77.1 cm³/mol. The Kier molecular flexibility index (Phi) is 3.96. The molecule has 0 N–H and O–H groups in total. The molecule has 1 aromatic carbocycles. The molecule has 1 aliphatic rings. The van der Waals surface area contributed by atoms with E-state index in [-0.39, 0.29) is 22.8 Å². The lowest BCUT2D eigenvalue weighted by Crippen LogP contribution is -2.29. The van der Waals surface area contributed by atoms with Gasteiger partial charge in [0.1, 0.15) is 5.08 Å². The summed E-state index contributed by atoms with van der Waals surface area (Å²) >= 11 is 0. The summed E-state index contributed by atoms with van der Waals surface area (Å²) < 4.78 is 62.9. The van der Waals surface area contributed by atoms with Gasteiger partial charge in [-0.05, 0) is 25.5 Å². The van der Waals surface area contributed by atoms with Gasteiger partial charge < -0.3 is 0 Å². The highest BCUT2D eigenvalue weighted by molar-refractivity contribution is 8.12. The van der Waals surface area contributed by atoms with Crippen molar-refractivity contribution in [1.29, 1.82) is 0 Å². The second kappa shape index (κ2) is 5.12. The first-order valence-corrected chi connectivity index (χ1v) is 11.0. The van der Waals surface area contributed by atoms with E-state index >= 15 is 0 Å². The van der Waals surface area contributed by atoms with E-state index in [2.05, 4.69) is 3.77 Å². The molecule has 112 valence electrons. The summed E-state index contributed by atoms with van der Waals surface area (Å²) in [7, 11) is -10.9. The minimum Gasteiger partial charge on any atom is -0.248 e. The molecular weight excluding hydrogens is 322 g/mol. The molecule has 9 heteroatoms. The van der Waals surface area contributed by atoms with Crippen LogP contribution >= 0.6 is 0 Å². The number of nitrogens with zero attached hydrogens (tertiary/aromatic N) is 1. The number of benzene rings is 1. The maximum absolute atomic E-state index is 12.4. The maximum Gasteiger partial charge on any atom is 0.290 e. The molecule has 1 saturated heterocycles. The van der Waals surface area contributed by atoms with Gasteiger partial charge >= 0.3 is 0 Å². The molecule has 0 radical (unpaired) electrons. The Morgan fingerprint density at radius 3 is 2.20 bits per heavy atom. The molecular formula is C11H15NO5S3. The molecule has 0 spiro atoms. The lowest BCUT2D eigenvalue weighted by atomic mass is 10.2. The van der Waals surface area contributed by atoms with Crippen molar-refractivity contribution < 1.29 is 21.0 Å². The van der Waals surface area contributed by atoms with Crippen LogP contribution in [0.4, 0.5) is 0 Å². The van der Waals surface area contributed by atoms with Crippen molar-refractivity contribution in [1.82, 2.24) is 0 Å². The van der Waals surface area contributed by atoms with Crippen molar-refractivity contribution in [2.24, 2.45) is 3.77 Å². The first-order chi connectivity index (χ1) is 9.12. The number of sulfonamides is 1. The Balaban J connectivity index is 2.48. The van der Waals surface area contributed by atoms with Gasteiger partial charge in [-0.15, -0.1) is 3.77 Å². The molecule has 1 fully saturated rings. The highest BCUT2D eigenvalue weighted by atomic mass is 32.3. The second-order valence-electron chi connectivity index (χ2n) is 4.76. The minimum atomic E-state index is -4.10. The van der Waals surface area contributed by atoms with Crippen LogP contribution in [0.15, 0.2) is 32.9 Å². The molecule has 0 saturated carbocycles. The van der Waals surface area contributed by atoms with Crippen LogP contribution in [0.2, 0.25) is 0 Å². The Morgan fingerprint density at radius 2 is 1.65 bits per heavy atom. The highest BCUT2D eigenvalue weighted by Gasteiger charge is 2.29. The fourth-order valence-corrected chi connectivity index (χ4v) is 9.56. The topological polar surface area (TPSA) is 97.7 Å². The van der Waals surface area contributed by atoms with E-state index in [1.54, 1.807) is 12.1 Å². The average molecular weight is 337 g/mol. The van der Waals surface area contributed by atoms with Crippen LogP contribution in [-0.4, -0.2) is 37.6 Å². The van der Waals surface area contributed by atoms with Crippen LogP contribution < -0.4 is 0 Å². The van der Waals surface area contributed by atoms with Gasteiger partial charge in [-0.3, -0.25) is 0 Å². The third-order valence-electron chi connectivity index (χ3n) is 2.84. The molecule has 20 heavy (non-hydrogen) atoms. The summed E-state index contributed by atoms with van der Waals surface area (Å²) in [6.45, 7) is 1.81. The Bertz CT molecular complexity index is 829. The third-order valence-corrected chi connectivity index (χ3v) is 10.3. The van der Waals surface area contributed by atoms with Crippen LogP contribution in [0.1, 0.15) is 12.0 Å². The number of hydrogen-bond acceptors (Lipinski definition) is 5. The molecule has 2 rings (SSSR count). The monoisotopic (exact) mass is 337 g/mol. The molecule has 1 aliphatic heterocycles. The van der Waals surface area contributed by atoms with Crippen molar-refractivity contribution >= 4 is 29.6 Å². The summed E-state index contributed by atoms with van der Waals surface area (Å²) in [6.07, 6.45) is 0.175. The fraction of sp³-hybridized carbons (Fsp3) is 0.455. The van der Waals surface area contributed by atoms with Gasteiger partial charge in [0, 0.05) is 5.75 Å². The zero-order valence-corrected chi connectivity index (χ0v) is 13.3. The first kappa shape index (κ1) is 15.5. The number of aryl methyl sites for hydroxylation is 1. The van der Waals surface area contributed by atoms with Gasteiger partial charge in [-0.1, -0.05) is 17.7 Å². The molecule has 1 heterocycles.